The van der Waals surface area contributed by atoms with E-state index in [1.54, 1.807) is 0 Å². The van der Waals surface area contributed by atoms with E-state index < -0.39 is 55.5 Å². The first-order valence-electron chi connectivity index (χ1n) is 11.5. The maximum absolute atomic E-state index is 12.6. The molecule has 0 aromatic rings. The number of aliphatic hydroxyl groups excluding tert-OH is 3. The lowest BCUT2D eigenvalue weighted by molar-refractivity contribution is -0.345. The first-order valence-corrected chi connectivity index (χ1v) is 11.5. The highest BCUT2D eigenvalue weighted by Gasteiger charge is 2.51. The quantitative estimate of drug-likeness (QED) is 0.119. The Labute approximate surface area is 193 Å². The molecule has 0 radical (unpaired) electrons. The lowest BCUT2D eigenvalue weighted by Gasteiger charge is -2.38. The second kappa shape index (κ2) is 11.5. The number of carbonyl (C=O) groups excluding carboxylic acids is 3. The van der Waals surface area contributed by atoms with Crippen LogP contribution in [0.3, 0.4) is 0 Å². The molecular formula is C21H35N3O9. The van der Waals surface area contributed by atoms with Crippen molar-refractivity contribution in [3.05, 3.63) is 0 Å². The zero-order valence-electron chi connectivity index (χ0n) is 18.9. The first kappa shape index (κ1) is 25.8. The van der Waals surface area contributed by atoms with Crippen LogP contribution in [-0.2, 0) is 28.6 Å². The van der Waals surface area contributed by atoms with Crippen molar-refractivity contribution in [1.82, 2.24) is 14.7 Å². The second-order valence-electron chi connectivity index (χ2n) is 9.03. The van der Waals surface area contributed by atoms with Crippen LogP contribution in [0.5, 0.6) is 0 Å². The normalized spacial score (nSPS) is 18.6. The van der Waals surface area contributed by atoms with Crippen LogP contribution >= 0.6 is 0 Å². The van der Waals surface area contributed by atoms with Gasteiger partial charge in [0.1, 0.15) is 0 Å². The number of nitrogens with zero attached hydrogens (tertiary/aromatic N) is 3. The van der Waals surface area contributed by atoms with E-state index in [1.807, 2.05) is 14.7 Å². The average Bonchev–Trinajstić information content (AvgIpc) is 3.65. The summed E-state index contributed by atoms with van der Waals surface area (Å²) >= 11 is 0. The molecule has 0 bridgehead atoms. The van der Waals surface area contributed by atoms with E-state index in [1.165, 1.54) is 0 Å². The highest BCUT2D eigenvalue weighted by atomic mass is 16.9. The standard InChI is InChI=1S/C21H35N3O9/c25-14-20(15-26,16-27)13-21(31-17(28)1-4-22-7-8-22,32-18(29)2-5-23-9-10-23)33-19(30)3-6-24-11-12-24/h25-27H,1-16H2. The Morgan fingerprint density at radius 1 is 0.606 bits per heavy atom. The molecule has 0 amide bonds. The van der Waals surface area contributed by atoms with Crippen molar-refractivity contribution in [3.63, 3.8) is 0 Å². The molecule has 0 aliphatic carbocycles. The van der Waals surface area contributed by atoms with Gasteiger partial charge in [-0.1, -0.05) is 0 Å². The third kappa shape index (κ3) is 8.80. The molecule has 3 heterocycles. The summed E-state index contributed by atoms with van der Waals surface area (Å²) < 4.78 is 16.4. The van der Waals surface area contributed by atoms with Gasteiger partial charge in [-0.25, -0.2) is 0 Å². The number of rotatable bonds is 17. The van der Waals surface area contributed by atoms with E-state index in [0.717, 1.165) is 39.3 Å². The molecule has 0 saturated carbocycles. The van der Waals surface area contributed by atoms with Gasteiger partial charge in [0.15, 0.2) is 0 Å². The molecule has 3 saturated heterocycles. The molecule has 3 aliphatic rings. The first-order chi connectivity index (χ1) is 15.8. The average molecular weight is 474 g/mol. The Bertz CT molecular complexity index is 606. The van der Waals surface area contributed by atoms with Gasteiger partial charge in [-0.3, -0.25) is 14.4 Å². The highest BCUT2D eigenvalue weighted by molar-refractivity contribution is 5.74. The SMILES string of the molecule is O=C(CCN1CC1)OC(CC(CO)(CO)CO)(OC(=O)CCN1CC1)OC(=O)CCN1CC1. The van der Waals surface area contributed by atoms with E-state index in [0.29, 0.717) is 19.6 Å². The molecule has 0 unspecified atom stereocenters. The van der Waals surface area contributed by atoms with Gasteiger partial charge < -0.3 is 44.2 Å². The van der Waals surface area contributed by atoms with Gasteiger partial charge in [-0.2, -0.15) is 0 Å². The van der Waals surface area contributed by atoms with Crippen LogP contribution in [0.4, 0.5) is 0 Å². The van der Waals surface area contributed by atoms with E-state index in [2.05, 4.69) is 0 Å². The molecule has 3 rings (SSSR count). The molecular weight excluding hydrogens is 438 g/mol. The fourth-order valence-electron chi connectivity index (χ4n) is 3.25. The van der Waals surface area contributed by atoms with Gasteiger partial charge >= 0.3 is 23.9 Å². The van der Waals surface area contributed by atoms with Crippen molar-refractivity contribution in [3.8, 4) is 0 Å². The van der Waals surface area contributed by atoms with Crippen molar-refractivity contribution in [1.29, 1.82) is 0 Å². The van der Waals surface area contributed by atoms with Gasteiger partial charge in [0.2, 0.25) is 0 Å². The molecule has 3 aliphatic heterocycles. The Balaban J connectivity index is 1.77. The third-order valence-corrected chi connectivity index (χ3v) is 5.92. The van der Waals surface area contributed by atoms with Crippen molar-refractivity contribution < 1.29 is 43.9 Å². The number of hydrogen-bond acceptors (Lipinski definition) is 12. The highest BCUT2D eigenvalue weighted by Crippen LogP contribution is 2.34. The Hall–Kier alpha value is -1.83. The molecule has 0 spiro atoms. The molecule has 3 N–H and O–H groups in total. The maximum Gasteiger partial charge on any atom is 0.424 e. The van der Waals surface area contributed by atoms with Crippen molar-refractivity contribution in [2.45, 2.75) is 31.7 Å². The van der Waals surface area contributed by atoms with E-state index in [-0.39, 0.29) is 19.3 Å². The number of esters is 3. The summed E-state index contributed by atoms with van der Waals surface area (Å²) in [5.41, 5.74) is -1.62. The summed E-state index contributed by atoms with van der Waals surface area (Å²) in [6.45, 7) is 4.39. The van der Waals surface area contributed by atoms with Crippen LogP contribution in [-0.4, -0.2) is 133 Å². The van der Waals surface area contributed by atoms with Gasteiger partial charge in [-0.05, 0) is 0 Å². The van der Waals surface area contributed by atoms with Gasteiger partial charge in [0.05, 0.1) is 50.9 Å². The fraction of sp³-hybridized carbons (Fsp3) is 0.857. The third-order valence-electron chi connectivity index (χ3n) is 5.92. The lowest BCUT2D eigenvalue weighted by Crippen LogP contribution is -2.51. The minimum absolute atomic E-state index is 0.0250. The zero-order chi connectivity index (χ0) is 23.9. The molecule has 0 aromatic carbocycles. The number of carbonyl (C=O) groups is 3. The second-order valence-corrected chi connectivity index (χ2v) is 9.03. The predicted molar refractivity (Wildman–Crippen MR) is 112 cm³/mol. The van der Waals surface area contributed by atoms with E-state index in [4.69, 9.17) is 14.2 Å². The molecule has 12 nitrogen and oxygen atoms in total. The maximum atomic E-state index is 12.6. The summed E-state index contributed by atoms with van der Waals surface area (Å²) in [5, 5.41) is 29.5. The van der Waals surface area contributed by atoms with Crippen LogP contribution in [0, 0.1) is 5.41 Å². The smallest absolute Gasteiger partial charge is 0.396 e. The van der Waals surface area contributed by atoms with Crippen LogP contribution in [0.2, 0.25) is 0 Å². The topological polar surface area (TPSA) is 149 Å². The van der Waals surface area contributed by atoms with Gasteiger partial charge in [0.25, 0.3) is 0 Å². The number of ether oxygens (including phenoxy) is 3. The molecule has 33 heavy (non-hydrogen) atoms. The van der Waals surface area contributed by atoms with Crippen LogP contribution in [0.1, 0.15) is 25.7 Å². The van der Waals surface area contributed by atoms with Crippen molar-refractivity contribution in [2.75, 3.05) is 78.7 Å². The summed E-state index contributed by atoms with van der Waals surface area (Å²) in [6.07, 6.45) is -0.682. The van der Waals surface area contributed by atoms with Gasteiger partial charge in [-0.15, -0.1) is 0 Å². The molecule has 188 valence electrons. The molecule has 0 atom stereocenters. The Kier molecular flexibility index (Phi) is 9.02. The van der Waals surface area contributed by atoms with Crippen molar-refractivity contribution in [2.24, 2.45) is 5.41 Å². The van der Waals surface area contributed by atoms with Crippen molar-refractivity contribution >= 4 is 17.9 Å². The lowest BCUT2D eigenvalue weighted by atomic mass is 9.86. The largest absolute Gasteiger partial charge is 0.424 e. The monoisotopic (exact) mass is 473 g/mol. The minimum Gasteiger partial charge on any atom is -0.396 e. The van der Waals surface area contributed by atoms with Crippen LogP contribution in [0.25, 0.3) is 0 Å². The van der Waals surface area contributed by atoms with E-state index in [9.17, 15) is 29.7 Å². The Morgan fingerprint density at radius 2 is 0.909 bits per heavy atom. The summed E-state index contributed by atoms with van der Waals surface area (Å²) in [5.74, 6) is -4.79. The summed E-state index contributed by atoms with van der Waals surface area (Å²) in [4.78, 5) is 43.8. The fourth-order valence-corrected chi connectivity index (χ4v) is 3.25. The van der Waals surface area contributed by atoms with Gasteiger partial charge in [0, 0.05) is 58.9 Å². The van der Waals surface area contributed by atoms with E-state index >= 15 is 0 Å². The van der Waals surface area contributed by atoms with Crippen LogP contribution < -0.4 is 0 Å². The predicted octanol–water partition coefficient (Wildman–Crippen LogP) is -2.26. The minimum atomic E-state index is -2.50. The molecule has 12 heteroatoms. The molecule has 0 aromatic heterocycles. The Morgan fingerprint density at radius 3 is 1.15 bits per heavy atom. The molecule has 3 fully saturated rings. The number of hydrogen-bond donors (Lipinski definition) is 3. The number of aliphatic hydroxyl groups is 3. The summed E-state index contributed by atoms with van der Waals surface area (Å²) in [7, 11) is 0. The van der Waals surface area contributed by atoms with Crippen LogP contribution in [0.15, 0.2) is 0 Å². The zero-order valence-corrected chi connectivity index (χ0v) is 18.9. The summed E-state index contributed by atoms with van der Waals surface area (Å²) in [6, 6.07) is 0.